The van der Waals surface area contributed by atoms with Gasteiger partial charge in [0.1, 0.15) is 5.75 Å². The molecule has 8 heteroatoms. The maximum absolute atomic E-state index is 12.4. The zero-order valence-electron chi connectivity index (χ0n) is 14.8. The van der Waals surface area contributed by atoms with Crippen molar-refractivity contribution in [3.63, 3.8) is 0 Å². The van der Waals surface area contributed by atoms with Gasteiger partial charge in [0.2, 0.25) is 10.0 Å². The van der Waals surface area contributed by atoms with E-state index in [1.807, 2.05) is 0 Å². The molecule has 0 aliphatic heterocycles. The second-order valence-electron chi connectivity index (χ2n) is 5.83. The van der Waals surface area contributed by atoms with Gasteiger partial charge in [0.15, 0.2) is 6.10 Å². The smallest absolute Gasteiger partial charge is 0.261 e. The largest absolute Gasteiger partial charge is 0.481 e. The van der Waals surface area contributed by atoms with Crippen molar-refractivity contribution >= 4 is 27.5 Å². The van der Waals surface area contributed by atoms with Gasteiger partial charge in [0, 0.05) is 25.7 Å². The molecule has 140 valence electrons. The summed E-state index contributed by atoms with van der Waals surface area (Å²) in [5.74, 6) is 0.123. The van der Waals surface area contributed by atoms with E-state index >= 15 is 0 Å². The van der Waals surface area contributed by atoms with E-state index in [0.29, 0.717) is 16.3 Å². The third kappa shape index (κ3) is 4.97. The van der Waals surface area contributed by atoms with Crippen LogP contribution in [0, 0.1) is 0 Å². The summed E-state index contributed by atoms with van der Waals surface area (Å²) in [6, 6.07) is 13.3. The van der Waals surface area contributed by atoms with Gasteiger partial charge in [-0.1, -0.05) is 35.9 Å². The number of sulfonamides is 1. The minimum Gasteiger partial charge on any atom is -0.481 e. The molecule has 1 amide bonds. The molecule has 2 aromatic carbocycles. The van der Waals surface area contributed by atoms with Gasteiger partial charge in [0.05, 0.1) is 4.90 Å². The van der Waals surface area contributed by atoms with E-state index in [4.69, 9.17) is 16.3 Å². The van der Waals surface area contributed by atoms with E-state index < -0.39 is 16.1 Å². The molecule has 0 saturated carbocycles. The Hall–Kier alpha value is -2.09. The summed E-state index contributed by atoms with van der Waals surface area (Å²) in [7, 11) is -0.665. The number of carbonyl (C=O) groups excluding carboxylic acids is 1. The predicted octanol–water partition coefficient (Wildman–Crippen LogP) is 2.67. The molecule has 0 aliphatic carbocycles. The molecular weight excluding hydrogens is 376 g/mol. The van der Waals surface area contributed by atoms with Crippen LogP contribution >= 0.6 is 11.6 Å². The van der Waals surface area contributed by atoms with Crippen LogP contribution in [0.2, 0.25) is 5.02 Å². The summed E-state index contributed by atoms with van der Waals surface area (Å²) in [4.78, 5) is 12.4. The average molecular weight is 397 g/mol. The molecule has 2 rings (SSSR count). The molecule has 1 N–H and O–H groups in total. The number of hydrogen-bond donors (Lipinski definition) is 1. The zero-order chi connectivity index (χ0) is 19.3. The number of halogens is 1. The Labute approximate surface area is 158 Å². The Morgan fingerprint density at radius 3 is 2.54 bits per heavy atom. The molecule has 0 aliphatic rings. The summed E-state index contributed by atoms with van der Waals surface area (Å²) < 4.78 is 31.5. The zero-order valence-corrected chi connectivity index (χ0v) is 16.3. The van der Waals surface area contributed by atoms with Crippen LogP contribution in [-0.4, -0.2) is 38.8 Å². The molecule has 0 radical (unpaired) electrons. The molecule has 0 bridgehead atoms. The van der Waals surface area contributed by atoms with Gasteiger partial charge in [-0.2, -0.15) is 0 Å². The van der Waals surface area contributed by atoms with Gasteiger partial charge in [0.25, 0.3) is 5.91 Å². The number of amides is 1. The summed E-state index contributed by atoms with van der Waals surface area (Å²) in [5, 5.41) is 3.22. The quantitative estimate of drug-likeness (QED) is 0.780. The van der Waals surface area contributed by atoms with Crippen LogP contribution in [-0.2, 0) is 21.4 Å². The first-order valence-electron chi connectivity index (χ1n) is 7.92. The third-order valence-electron chi connectivity index (χ3n) is 3.66. The normalized spacial score (nSPS) is 12.7. The first-order chi connectivity index (χ1) is 12.2. The van der Waals surface area contributed by atoms with Crippen LogP contribution in [0.25, 0.3) is 0 Å². The highest BCUT2D eigenvalue weighted by molar-refractivity contribution is 7.89. The van der Waals surface area contributed by atoms with Gasteiger partial charge < -0.3 is 10.1 Å². The molecular formula is C18H21ClN2O4S. The second kappa shape index (κ2) is 8.53. The molecule has 0 unspecified atom stereocenters. The first kappa shape index (κ1) is 20.2. The first-order valence-corrected chi connectivity index (χ1v) is 9.74. The number of rotatable bonds is 7. The maximum atomic E-state index is 12.4. The summed E-state index contributed by atoms with van der Waals surface area (Å²) >= 11 is 5.89. The molecule has 6 nitrogen and oxygen atoms in total. The Morgan fingerprint density at radius 2 is 1.88 bits per heavy atom. The van der Waals surface area contributed by atoms with Crippen LogP contribution in [0.15, 0.2) is 53.4 Å². The van der Waals surface area contributed by atoms with Crippen LogP contribution in [0.4, 0.5) is 0 Å². The highest BCUT2D eigenvalue weighted by atomic mass is 35.5. The second-order valence-corrected chi connectivity index (χ2v) is 8.39. The molecule has 0 aromatic heterocycles. The van der Waals surface area contributed by atoms with Gasteiger partial charge in [-0.25, -0.2) is 12.7 Å². The topological polar surface area (TPSA) is 75.7 Å². The summed E-state index contributed by atoms with van der Waals surface area (Å²) in [6.45, 7) is 1.68. The number of nitrogens with zero attached hydrogens (tertiary/aromatic N) is 1. The molecule has 0 saturated heterocycles. The van der Waals surface area contributed by atoms with Gasteiger partial charge >= 0.3 is 0 Å². The lowest BCUT2D eigenvalue weighted by molar-refractivity contribution is -0.127. The number of nitrogens with one attached hydrogen (secondary N) is 1. The van der Waals surface area contributed by atoms with E-state index in [1.54, 1.807) is 49.4 Å². The fraction of sp³-hybridized carbons (Fsp3) is 0.278. The Morgan fingerprint density at radius 1 is 1.19 bits per heavy atom. The minimum atomic E-state index is -3.59. The summed E-state index contributed by atoms with van der Waals surface area (Å²) in [6.07, 6.45) is -0.758. The van der Waals surface area contributed by atoms with Crippen LogP contribution < -0.4 is 10.1 Å². The molecule has 0 spiro atoms. The Kier molecular flexibility index (Phi) is 6.63. The monoisotopic (exact) mass is 396 g/mol. The Balaban J connectivity index is 2.06. The molecule has 0 fully saturated rings. The molecule has 0 heterocycles. The summed E-state index contributed by atoms with van der Waals surface area (Å²) in [5.41, 5.74) is 0.504. The van der Waals surface area contributed by atoms with Gasteiger partial charge in [-0.3, -0.25) is 4.79 Å². The standard InChI is InChI=1S/C18H21ClN2O4S/c1-13(25-16-9-6-8-15(19)11-16)18(22)20-12-14-7-4-5-10-17(14)26(23,24)21(2)3/h4-11,13H,12H2,1-3H3,(H,20,22)/t13-/m0/s1. The highest BCUT2D eigenvalue weighted by Gasteiger charge is 2.21. The number of benzene rings is 2. The number of ether oxygens (including phenoxy) is 1. The van der Waals surface area contributed by atoms with E-state index in [-0.39, 0.29) is 17.3 Å². The van der Waals surface area contributed by atoms with Crippen molar-refractivity contribution in [2.45, 2.75) is 24.5 Å². The van der Waals surface area contributed by atoms with Crippen molar-refractivity contribution in [3.05, 3.63) is 59.1 Å². The lowest BCUT2D eigenvalue weighted by Gasteiger charge is -2.17. The van der Waals surface area contributed by atoms with Crippen molar-refractivity contribution in [1.29, 1.82) is 0 Å². The van der Waals surface area contributed by atoms with E-state index in [2.05, 4.69) is 5.32 Å². The molecule has 26 heavy (non-hydrogen) atoms. The van der Waals surface area contributed by atoms with Crippen molar-refractivity contribution in [3.8, 4) is 5.75 Å². The highest BCUT2D eigenvalue weighted by Crippen LogP contribution is 2.20. The minimum absolute atomic E-state index is 0.0747. The van der Waals surface area contributed by atoms with Crippen molar-refractivity contribution in [1.82, 2.24) is 9.62 Å². The van der Waals surface area contributed by atoms with Crippen molar-refractivity contribution < 1.29 is 17.9 Å². The van der Waals surface area contributed by atoms with Crippen LogP contribution in [0.1, 0.15) is 12.5 Å². The SMILES string of the molecule is C[C@H](Oc1cccc(Cl)c1)C(=O)NCc1ccccc1S(=O)(=O)N(C)C. The fourth-order valence-electron chi connectivity index (χ4n) is 2.22. The lowest BCUT2D eigenvalue weighted by atomic mass is 10.2. The lowest BCUT2D eigenvalue weighted by Crippen LogP contribution is -2.36. The van der Waals surface area contributed by atoms with Gasteiger partial charge in [-0.15, -0.1) is 0 Å². The predicted molar refractivity (Wildman–Crippen MR) is 101 cm³/mol. The number of carbonyl (C=O) groups is 1. The van der Waals surface area contributed by atoms with E-state index in [9.17, 15) is 13.2 Å². The van der Waals surface area contributed by atoms with Gasteiger partial charge in [-0.05, 0) is 36.8 Å². The fourth-order valence-corrected chi connectivity index (χ4v) is 3.52. The van der Waals surface area contributed by atoms with Crippen LogP contribution in [0.5, 0.6) is 5.75 Å². The third-order valence-corrected chi connectivity index (χ3v) is 5.81. The van der Waals surface area contributed by atoms with Crippen molar-refractivity contribution in [2.75, 3.05) is 14.1 Å². The van der Waals surface area contributed by atoms with E-state index in [1.165, 1.54) is 20.2 Å². The number of hydrogen-bond acceptors (Lipinski definition) is 4. The van der Waals surface area contributed by atoms with E-state index in [0.717, 1.165) is 4.31 Å². The molecule has 1 atom stereocenters. The maximum Gasteiger partial charge on any atom is 0.261 e. The molecule has 2 aromatic rings. The Bertz CT molecular complexity index is 884. The average Bonchev–Trinajstić information content (AvgIpc) is 2.59. The van der Waals surface area contributed by atoms with Crippen LogP contribution in [0.3, 0.4) is 0 Å². The van der Waals surface area contributed by atoms with Crippen molar-refractivity contribution in [2.24, 2.45) is 0 Å².